The second-order valence-electron chi connectivity index (χ2n) is 15.6. The van der Waals surface area contributed by atoms with E-state index in [2.05, 4.69) is 0 Å². The summed E-state index contributed by atoms with van der Waals surface area (Å²) in [5.41, 5.74) is -1.69. The summed E-state index contributed by atoms with van der Waals surface area (Å²) >= 11 is 0. The number of carboxylic acids is 1. The quantitative estimate of drug-likeness (QED) is 0.264. The highest BCUT2D eigenvalue weighted by molar-refractivity contribution is 5.96. The van der Waals surface area contributed by atoms with Gasteiger partial charge >= 0.3 is 11.9 Å². The molecule has 1 aromatic heterocycles. The number of Topliss-reactive ketones (excluding diaryl/α,β-unsaturated/α-hetero) is 1. The zero-order valence-electron chi connectivity index (χ0n) is 29.8. The lowest BCUT2D eigenvalue weighted by molar-refractivity contribution is -0.159. The van der Waals surface area contributed by atoms with E-state index in [1.54, 1.807) is 39.0 Å². The van der Waals surface area contributed by atoms with Crippen molar-refractivity contribution in [3.8, 4) is 11.5 Å². The lowest BCUT2D eigenvalue weighted by Crippen LogP contribution is -2.47. The molecule has 11 heteroatoms. The number of halogens is 1. The number of carboxylic acid groups (broad SMARTS) is 1. The van der Waals surface area contributed by atoms with Gasteiger partial charge in [0.15, 0.2) is 5.78 Å². The van der Waals surface area contributed by atoms with Crippen LogP contribution < -0.4 is 9.47 Å². The maximum atomic E-state index is 16.7. The number of pyridine rings is 1. The SMILES string of the molecule is CCc1nc2ccc(OC)cc2c2c1O[C@]1(C[C@H]2F)C[C@H]2C(=O)C[C@]3(C(=O)O)C[C@H]3/C=C\CCCCC[C@H](CC(=O)OC(C)(C)C)C(=O)N2C1. The van der Waals surface area contributed by atoms with E-state index >= 15 is 4.39 Å². The molecule has 270 valence electrons. The van der Waals surface area contributed by atoms with Gasteiger partial charge in [0, 0.05) is 36.1 Å². The first-order valence-electron chi connectivity index (χ1n) is 18.0. The van der Waals surface area contributed by atoms with E-state index in [4.69, 9.17) is 19.2 Å². The third-order valence-corrected chi connectivity index (χ3v) is 10.9. The molecule has 1 saturated heterocycles. The first-order valence-corrected chi connectivity index (χ1v) is 18.0. The highest BCUT2D eigenvalue weighted by atomic mass is 19.1. The summed E-state index contributed by atoms with van der Waals surface area (Å²) in [6, 6.07) is 4.27. The number of alkyl halides is 1. The molecule has 2 fully saturated rings. The summed E-state index contributed by atoms with van der Waals surface area (Å²) in [4.78, 5) is 60.9. The van der Waals surface area contributed by atoms with Gasteiger partial charge in [-0.25, -0.2) is 9.37 Å². The molecule has 0 bridgehead atoms. The van der Waals surface area contributed by atoms with Crippen molar-refractivity contribution in [2.75, 3.05) is 13.7 Å². The standard InChI is InChI=1S/C39H49FN2O8/c1-6-28-34-33(26-17-25(48-5)14-15-29(26)41-28)27(40)19-38(50-34)20-30-31(43)21-39(36(46)47)18-24(39)13-11-9-7-8-10-12-23(35(45)42(30)22-38)16-32(44)49-37(2,3)4/h11,13-15,17,23-24,27,30H,6-10,12,16,18-22H2,1-5H3,(H,46,47)/b13-11-/t23-,24-,27-,30+,38-,39-/m1/s1. The highest BCUT2D eigenvalue weighted by Crippen LogP contribution is 2.58. The summed E-state index contributed by atoms with van der Waals surface area (Å²) in [7, 11) is 1.54. The molecule has 1 spiro atoms. The van der Waals surface area contributed by atoms with Crippen molar-refractivity contribution in [1.82, 2.24) is 9.88 Å². The summed E-state index contributed by atoms with van der Waals surface area (Å²) in [5, 5.41) is 10.9. The average molecular weight is 693 g/mol. The Morgan fingerprint density at radius 2 is 1.92 bits per heavy atom. The smallest absolute Gasteiger partial charge is 0.310 e. The number of benzene rings is 1. The van der Waals surface area contributed by atoms with E-state index in [1.165, 1.54) is 12.0 Å². The van der Waals surface area contributed by atoms with Crippen LogP contribution in [0.3, 0.4) is 0 Å². The molecule has 4 heterocycles. The minimum absolute atomic E-state index is 0.00605. The number of esters is 1. The molecule has 6 rings (SSSR count). The number of carbonyl (C=O) groups is 4. The van der Waals surface area contributed by atoms with Crippen LogP contribution >= 0.6 is 0 Å². The molecule has 1 N–H and O–H groups in total. The van der Waals surface area contributed by atoms with Crippen LogP contribution in [0.15, 0.2) is 30.4 Å². The van der Waals surface area contributed by atoms with Crippen molar-refractivity contribution in [1.29, 1.82) is 0 Å². The number of nitrogens with zero attached hydrogens (tertiary/aromatic N) is 2. The molecule has 1 aliphatic carbocycles. The van der Waals surface area contributed by atoms with Crippen LogP contribution in [-0.4, -0.2) is 69.5 Å². The Bertz CT molecular complexity index is 1720. The Morgan fingerprint density at radius 1 is 1.14 bits per heavy atom. The number of rotatable bonds is 5. The van der Waals surface area contributed by atoms with Gasteiger partial charge in [0.05, 0.1) is 42.7 Å². The van der Waals surface area contributed by atoms with E-state index < -0.39 is 52.6 Å². The van der Waals surface area contributed by atoms with Crippen LogP contribution in [0.4, 0.5) is 4.39 Å². The molecule has 4 aliphatic rings. The summed E-state index contributed by atoms with van der Waals surface area (Å²) < 4.78 is 34.5. The highest BCUT2D eigenvalue weighted by Gasteiger charge is 2.62. The van der Waals surface area contributed by atoms with Crippen LogP contribution in [0.25, 0.3) is 10.9 Å². The number of amides is 1. The topological polar surface area (TPSA) is 132 Å². The molecule has 0 unspecified atom stereocenters. The number of aromatic nitrogens is 1. The number of methoxy groups -OCH3 is 1. The maximum absolute atomic E-state index is 16.7. The van der Waals surface area contributed by atoms with Crippen LogP contribution in [-0.2, 0) is 30.3 Å². The van der Waals surface area contributed by atoms with Gasteiger partial charge in [-0.15, -0.1) is 0 Å². The molecule has 2 aromatic rings. The largest absolute Gasteiger partial charge is 0.497 e. The van der Waals surface area contributed by atoms with Crippen LogP contribution in [0.5, 0.6) is 11.5 Å². The fourth-order valence-corrected chi connectivity index (χ4v) is 8.23. The zero-order chi connectivity index (χ0) is 36.0. The van der Waals surface area contributed by atoms with E-state index in [0.29, 0.717) is 59.3 Å². The van der Waals surface area contributed by atoms with Crippen molar-refractivity contribution in [2.24, 2.45) is 17.3 Å². The number of hydrogen-bond acceptors (Lipinski definition) is 8. The average Bonchev–Trinajstić information content (AvgIpc) is 3.63. The number of ketones is 1. The van der Waals surface area contributed by atoms with Gasteiger partial charge in [0.1, 0.15) is 28.9 Å². The van der Waals surface area contributed by atoms with Crippen molar-refractivity contribution in [2.45, 2.75) is 122 Å². The first-order chi connectivity index (χ1) is 23.7. The van der Waals surface area contributed by atoms with Crippen LogP contribution in [0, 0.1) is 17.3 Å². The summed E-state index contributed by atoms with van der Waals surface area (Å²) in [6.07, 6.45) is 6.25. The van der Waals surface area contributed by atoms with Gasteiger partial charge in [-0.05, 0) is 77.0 Å². The third kappa shape index (κ3) is 6.97. The molecule has 1 aromatic carbocycles. The predicted octanol–water partition coefficient (Wildman–Crippen LogP) is 6.86. The summed E-state index contributed by atoms with van der Waals surface area (Å²) in [6.45, 7) is 7.14. The number of ether oxygens (including phenoxy) is 3. The van der Waals surface area contributed by atoms with Gasteiger partial charge in [0.25, 0.3) is 0 Å². The monoisotopic (exact) mass is 692 g/mol. The predicted molar refractivity (Wildman–Crippen MR) is 184 cm³/mol. The first kappa shape index (κ1) is 35.8. The molecule has 1 amide bonds. The second-order valence-corrected chi connectivity index (χ2v) is 15.6. The third-order valence-electron chi connectivity index (χ3n) is 10.9. The van der Waals surface area contributed by atoms with Gasteiger partial charge < -0.3 is 24.2 Å². The minimum atomic E-state index is -1.49. The Hall–Kier alpha value is -4.02. The van der Waals surface area contributed by atoms with Crippen LogP contribution in [0.1, 0.15) is 109 Å². The molecule has 3 aliphatic heterocycles. The van der Waals surface area contributed by atoms with Gasteiger partial charge in [-0.2, -0.15) is 0 Å². The Kier molecular flexibility index (Phi) is 9.74. The van der Waals surface area contributed by atoms with E-state index in [0.717, 1.165) is 19.3 Å². The summed E-state index contributed by atoms with van der Waals surface area (Å²) in [5.74, 6) is -2.49. The fraction of sp³-hybridized carbons (Fsp3) is 0.615. The number of aryl methyl sites for hydroxylation is 1. The zero-order valence-corrected chi connectivity index (χ0v) is 29.8. The van der Waals surface area contributed by atoms with Crippen LogP contribution in [0.2, 0.25) is 0 Å². The Balaban J connectivity index is 1.39. The lowest BCUT2D eigenvalue weighted by Gasteiger charge is -2.38. The van der Waals surface area contributed by atoms with Gasteiger partial charge in [-0.3, -0.25) is 19.2 Å². The van der Waals surface area contributed by atoms with E-state index in [1.807, 2.05) is 19.1 Å². The number of hydrogen-bond donors (Lipinski definition) is 1. The number of aliphatic carboxylic acids is 1. The molecule has 10 nitrogen and oxygen atoms in total. The van der Waals surface area contributed by atoms with Gasteiger partial charge in [0.2, 0.25) is 5.91 Å². The Labute approximate surface area is 292 Å². The molecular formula is C39H49FN2O8. The molecule has 6 atom stereocenters. The van der Waals surface area contributed by atoms with Crippen molar-refractivity contribution in [3.05, 3.63) is 41.6 Å². The van der Waals surface area contributed by atoms with E-state index in [9.17, 15) is 24.3 Å². The number of allylic oxidation sites excluding steroid dienone is 2. The molecule has 1 saturated carbocycles. The molecule has 50 heavy (non-hydrogen) atoms. The maximum Gasteiger partial charge on any atom is 0.310 e. The lowest BCUT2D eigenvalue weighted by atomic mass is 9.84. The van der Waals surface area contributed by atoms with Crippen molar-refractivity contribution < 1.29 is 42.9 Å². The molecular weight excluding hydrogens is 643 g/mol. The van der Waals surface area contributed by atoms with Crippen molar-refractivity contribution in [3.63, 3.8) is 0 Å². The van der Waals surface area contributed by atoms with Gasteiger partial charge in [-0.1, -0.05) is 31.9 Å². The van der Waals surface area contributed by atoms with Crippen molar-refractivity contribution >= 4 is 34.5 Å². The number of carbonyl (C=O) groups excluding carboxylic acids is 3. The normalized spacial score (nSPS) is 30.7. The fourth-order valence-electron chi connectivity index (χ4n) is 8.23. The van der Waals surface area contributed by atoms with E-state index in [-0.39, 0.29) is 43.9 Å². The number of fused-ring (bicyclic) bond motifs is 5. The minimum Gasteiger partial charge on any atom is -0.497 e. The second kappa shape index (κ2) is 13.6. The Morgan fingerprint density at radius 3 is 2.62 bits per heavy atom. The molecule has 0 radical (unpaired) electrons.